The molecule has 5 N–H and O–H groups in total. The Hall–Kier alpha value is -0.770. The average molecular weight is 173 g/mol. The number of nitrogens with one attached hydrogen (secondary N) is 1. The lowest BCUT2D eigenvalue weighted by Crippen LogP contribution is -2.59. The summed E-state index contributed by atoms with van der Waals surface area (Å²) in [7, 11) is 0. The largest absolute Gasteiger partial charge is 0.352 e. The maximum absolute atomic E-state index is 10.6. The Bertz CT molecular complexity index is 152. The molecule has 12 heavy (non-hydrogen) atoms. The quantitative estimate of drug-likeness (QED) is 0.549. The number of nitrogens with two attached hydrogens (primary N) is 2. The molecule has 0 bridgehead atoms. The minimum Gasteiger partial charge on any atom is -0.352 e. The van der Waals surface area contributed by atoms with Gasteiger partial charge in [-0.2, -0.15) is 0 Å². The molecule has 0 aliphatic heterocycles. The van der Waals surface area contributed by atoms with Crippen molar-refractivity contribution in [2.75, 3.05) is 0 Å². The molecule has 0 aromatic carbocycles. The lowest BCUT2D eigenvalue weighted by Gasteiger charge is -2.33. The van der Waals surface area contributed by atoms with E-state index in [0.29, 0.717) is 0 Å². The first-order valence-corrected chi connectivity index (χ1v) is 4.30. The van der Waals surface area contributed by atoms with Gasteiger partial charge in [-0.25, -0.2) is 4.79 Å². The Morgan fingerprint density at radius 1 is 1.50 bits per heavy atom. The van der Waals surface area contributed by atoms with Crippen LogP contribution in [0.1, 0.15) is 33.6 Å². The van der Waals surface area contributed by atoms with Crippen molar-refractivity contribution in [2.24, 2.45) is 17.4 Å². The van der Waals surface area contributed by atoms with Crippen LogP contribution >= 0.6 is 0 Å². The van der Waals surface area contributed by atoms with Gasteiger partial charge < -0.3 is 16.8 Å². The molecule has 0 aromatic heterocycles. The molecule has 1 atom stereocenters. The van der Waals surface area contributed by atoms with E-state index >= 15 is 0 Å². The van der Waals surface area contributed by atoms with Crippen molar-refractivity contribution < 1.29 is 4.79 Å². The number of hydrogen-bond acceptors (Lipinski definition) is 2. The first kappa shape index (κ1) is 11.2. The molecule has 0 saturated heterocycles. The zero-order valence-electron chi connectivity index (χ0n) is 8.05. The van der Waals surface area contributed by atoms with Crippen LogP contribution < -0.4 is 16.8 Å². The number of hydrogen-bond donors (Lipinski definition) is 3. The molecule has 0 aromatic rings. The van der Waals surface area contributed by atoms with Crippen LogP contribution in [0.2, 0.25) is 0 Å². The zero-order valence-corrected chi connectivity index (χ0v) is 8.05. The van der Waals surface area contributed by atoms with Gasteiger partial charge in [-0.15, -0.1) is 0 Å². The topological polar surface area (TPSA) is 81.1 Å². The van der Waals surface area contributed by atoms with E-state index in [2.05, 4.69) is 5.32 Å². The number of carbonyl (C=O) groups is 1. The summed E-state index contributed by atoms with van der Waals surface area (Å²) in [5.74, 6) is 0.269. The normalized spacial score (nSPS) is 15.8. The standard InChI is InChI=1S/C8H19N3O/c1-4-6(5-2)8(3,10)11-7(9)12/h6H,4-5,10H2,1-3H3,(H3,9,11,12). The molecule has 4 heteroatoms. The van der Waals surface area contributed by atoms with E-state index in [1.165, 1.54) is 0 Å². The van der Waals surface area contributed by atoms with Crippen LogP contribution in [-0.4, -0.2) is 11.7 Å². The summed E-state index contributed by atoms with van der Waals surface area (Å²) in [6.45, 7) is 5.87. The van der Waals surface area contributed by atoms with Crippen molar-refractivity contribution >= 4 is 6.03 Å². The Morgan fingerprint density at radius 3 is 2.17 bits per heavy atom. The van der Waals surface area contributed by atoms with Crippen molar-refractivity contribution in [1.29, 1.82) is 0 Å². The van der Waals surface area contributed by atoms with Gasteiger partial charge in [0.15, 0.2) is 0 Å². The summed E-state index contributed by atoms with van der Waals surface area (Å²) < 4.78 is 0. The summed E-state index contributed by atoms with van der Waals surface area (Å²) in [6.07, 6.45) is 1.87. The highest BCUT2D eigenvalue weighted by Crippen LogP contribution is 2.18. The lowest BCUT2D eigenvalue weighted by molar-refractivity contribution is 0.205. The van der Waals surface area contributed by atoms with E-state index in [0.717, 1.165) is 12.8 Å². The number of rotatable bonds is 4. The van der Waals surface area contributed by atoms with E-state index in [1.54, 1.807) is 6.92 Å². The number of primary amides is 1. The van der Waals surface area contributed by atoms with Crippen molar-refractivity contribution in [3.05, 3.63) is 0 Å². The minimum atomic E-state index is -0.685. The van der Waals surface area contributed by atoms with E-state index in [-0.39, 0.29) is 5.92 Å². The maximum atomic E-state index is 10.6. The summed E-state index contributed by atoms with van der Waals surface area (Å²) in [5.41, 5.74) is 10.2. The fourth-order valence-electron chi connectivity index (χ4n) is 1.50. The highest BCUT2D eigenvalue weighted by molar-refractivity contribution is 5.72. The second kappa shape index (κ2) is 4.30. The minimum absolute atomic E-state index is 0.269. The van der Waals surface area contributed by atoms with Gasteiger partial charge in [0.05, 0.1) is 5.66 Å². The van der Waals surface area contributed by atoms with Gasteiger partial charge in [0.25, 0.3) is 0 Å². The molecular weight excluding hydrogens is 154 g/mol. The number of carbonyl (C=O) groups excluding carboxylic acids is 1. The van der Waals surface area contributed by atoms with Gasteiger partial charge in [0, 0.05) is 0 Å². The third kappa shape index (κ3) is 3.09. The van der Waals surface area contributed by atoms with E-state index in [4.69, 9.17) is 11.5 Å². The molecule has 0 radical (unpaired) electrons. The summed E-state index contributed by atoms with van der Waals surface area (Å²) in [6, 6.07) is -0.563. The lowest BCUT2D eigenvalue weighted by atomic mass is 9.90. The molecule has 1 unspecified atom stereocenters. The highest BCUT2D eigenvalue weighted by atomic mass is 16.2. The fourth-order valence-corrected chi connectivity index (χ4v) is 1.50. The predicted molar refractivity (Wildman–Crippen MR) is 49.4 cm³/mol. The summed E-state index contributed by atoms with van der Waals surface area (Å²) in [4.78, 5) is 10.6. The van der Waals surface area contributed by atoms with Crippen molar-refractivity contribution in [3.63, 3.8) is 0 Å². The van der Waals surface area contributed by atoms with Crippen LogP contribution in [0.3, 0.4) is 0 Å². The van der Waals surface area contributed by atoms with Gasteiger partial charge in [-0.1, -0.05) is 13.8 Å². The molecule has 0 fully saturated rings. The Kier molecular flexibility index (Phi) is 4.03. The Labute approximate surface area is 73.7 Å². The van der Waals surface area contributed by atoms with E-state index in [1.807, 2.05) is 13.8 Å². The third-order valence-electron chi connectivity index (χ3n) is 2.23. The zero-order chi connectivity index (χ0) is 9.78. The monoisotopic (exact) mass is 173 g/mol. The first-order chi connectivity index (χ1) is 5.44. The van der Waals surface area contributed by atoms with Crippen LogP contribution in [0, 0.1) is 5.92 Å². The number of amides is 2. The Morgan fingerprint density at radius 2 is 1.92 bits per heavy atom. The van der Waals surface area contributed by atoms with Crippen LogP contribution in [0.4, 0.5) is 4.79 Å². The summed E-state index contributed by atoms with van der Waals surface area (Å²) in [5, 5.41) is 2.54. The van der Waals surface area contributed by atoms with Crippen LogP contribution in [0.15, 0.2) is 0 Å². The molecule has 4 nitrogen and oxygen atoms in total. The SMILES string of the molecule is CCC(CC)C(C)(N)NC(N)=O. The molecule has 0 heterocycles. The van der Waals surface area contributed by atoms with Gasteiger partial charge in [0.1, 0.15) is 0 Å². The van der Waals surface area contributed by atoms with Crippen LogP contribution in [0.25, 0.3) is 0 Å². The van der Waals surface area contributed by atoms with Crippen LogP contribution in [0.5, 0.6) is 0 Å². The van der Waals surface area contributed by atoms with E-state index < -0.39 is 11.7 Å². The van der Waals surface area contributed by atoms with Gasteiger partial charge in [-0.3, -0.25) is 0 Å². The highest BCUT2D eigenvalue weighted by Gasteiger charge is 2.28. The van der Waals surface area contributed by atoms with Crippen LogP contribution in [-0.2, 0) is 0 Å². The van der Waals surface area contributed by atoms with E-state index in [9.17, 15) is 4.79 Å². The first-order valence-electron chi connectivity index (χ1n) is 4.30. The average Bonchev–Trinajstić information content (AvgIpc) is 1.85. The summed E-state index contributed by atoms with van der Waals surface area (Å²) >= 11 is 0. The van der Waals surface area contributed by atoms with Crippen molar-refractivity contribution in [1.82, 2.24) is 5.32 Å². The molecule has 0 aliphatic carbocycles. The maximum Gasteiger partial charge on any atom is 0.313 e. The molecule has 0 rings (SSSR count). The molecule has 0 spiro atoms. The molecule has 0 saturated carbocycles. The Balaban J connectivity index is 4.24. The van der Waals surface area contributed by atoms with Gasteiger partial charge in [-0.05, 0) is 25.7 Å². The predicted octanol–water partition coefficient (Wildman–Crippen LogP) is 0.766. The van der Waals surface area contributed by atoms with Crippen molar-refractivity contribution in [3.8, 4) is 0 Å². The second-order valence-corrected chi connectivity index (χ2v) is 3.29. The smallest absolute Gasteiger partial charge is 0.313 e. The van der Waals surface area contributed by atoms with Crippen molar-refractivity contribution in [2.45, 2.75) is 39.3 Å². The van der Waals surface area contributed by atoms with Gasteiger partial charge >= 0.3 is 6.03 Å². The second-order valence-electron chi connectivity index (χ2n) is 3.29. The molecule has 72 valence electrons. The molecular formula is C8H19N3O. The third-order valence-corrected chi connectivity index (χ3v) is 2.23. The molecule has 2 amide bonds. The molecule has 0 aliphatic rings. The number of urea groups is 1. The van der Waals surface area contributed by atoms with Gasteiger partial charge in [0.2, 0.25) is 0 Å². The fraction of sp³-hybridized carbons (Fsp3) is 0.875.